The van der Waals surface area contributed by atoms with Gasteiger partial charge in [0.25, 0.3) is 0 Å². The van der Waals surface area contributed by atoms with E-state index in [1.165, 1.54) is 19.3 Å². The van der Waals surface area contributed by atoms with Crippen molar-refractivity contribution < 1.29 is 18.0 Å². The Labute approximate surface area is 215 Å². The second kappa shape index (κ2) is 12.8. The van der Waals surface area contributed by atoms with Crippen molar-refractivity contribution in [2.24, 2.45) is 23.7 Å². The Bertz CT molecular complexity index is 687. The summed E-state index contributed by atoms with van der Waals surface area (Å²) in [4.78, 5) is 20.6. The highest BCUT2D eigenvalue weighted by molar-refractivity contribution is 5.82. The fraction of sp³-hybridized carbons (Fsp3) is 0.963. The monoisotopic (exact) mass is 515 g/mol. The molecule has 4 unspecified atom stereocenters. The summed E-state index contributed by atoms with van der Waals surface area (Å²) in [6, 6.07) is -0.0991. The van der Waals surface area contributed by atoms with Crippen LogP contribution in [-0.4, -0.2) is 92.0 Å². The quantitative estimate of drug-likeness (QED) is 0.539. The first-order valence-corrected chi connectivity index (χ1v) is 14.5. The average molecular weight is 516 g/mol. The van der Waals surface area contributed by atoms with E-state index in [0.29, 0.717) is 18.9 Å². The van der Waals surface area contributed by atoms with Crippen molar-refractivity contribution in [1.29, 1.82) is 0 Å². The van der Waals surface area contributed by atoms with Gasteiger partial charge in [0, 0.05) is 39.8 Å². The van der Waals surface area contributed by atoms with Crippen LogP contribution in [0.1, 0.15) is 71.1 Å². The number of alkyl halides is 3. The Kier molecular flexibility index (Phi) is 9.97. The van der Waals surface area contributed by atoms with Gasteiger partial charge >= 0.3 is 6.18 Å². The van der Waals surface area contributed by atoms with E-state index in [9.17, 15) is 18.0 Å². The zero-order valence-corrected chi connectivity index (χ0v) is 22.4. The fourth-order valence-corrected chi connectivity index (χ4v) is 7.24. The van der Waals surface area contributed by atoms with E-state index >= 15 is 0 Å². The van der Waals surface area contributed by atoms with Crippen molar-refractivity contribution in [3.63, 3.8) is 0 Å². The minimum Gasteiger partial charge on any atom is -0.344 e. The summed E-state index contributed by atoms with van der Waals surface area (Å²) in [5.41, 5.74) is 0. The zero-order valence-electron chi connectivity index (χ0n) is 22.4. The van der Waals surface area contributed by atoms with Crippen molar-refractivity contribution in [1.82, 2.24) is 25.3 Å². The SMILES string of the molecule is CC1CC(CCN(C)C(=O)C(C2CCCCC2)N2CCN(C3NCCCN3)CC2)CC(C(F)(F)F)C1. The first-order chi connectivity index (χ1) is 17.2. The van der Waals surface area contributed by atoms with E-state index in [0.717, 1.165) is 65.0 Å². The third-order valence-electron chi connectivity index (χ3n) is 9.24. The molecule has 208 valence electrons. The molecule has 2 aliphatic carbocycles. The number of nitrogens with zero attached hydrogens (tertiary/aromatic N) is 3. The van der Waals surface area contributed by atoms with Gasteiger partial charge in [-0.05, 0) is 75.8 Å². The molecule has 2 saturated heterocycles. The van der Waals surface area contributed by atoms with Gasteiger partial charge in [-0.2, -0.15) is 13.2 Å². The van der Waals surface area contributed by atoms with Gasteiger partial charge in [0.15, 0.2) is 0 Å². The molecule has 4 rings (SSSR count). The smallest absolute Gasteiger partial charge is 0.344 e. The summed E-state index contributed by atoms with van der Waals surface area (Å²) < 4.78 is 40.2. The van der Waals surface area contributed by atoms with Crippen molar-refractivity contribution in [2.45, 2.75) is 89.6 Å². The lowest BCUT2D eigenvalue weighted by Crippen LogP contribution is -2.65. The molecule has 2 heterocycles. The largest absolute Gasteiger partial charge is 0.391 e. The molecule has 6 nitrogen and oxygen atoms in total. The molecule has 0 bridgehead atoms. The van der Waals surface area contributed by atoms with E-state index in [1.807, 2.05) is 18.9 Å². The number of amides is 1. The van der Waals surface area contributed by atoms with Crippen molar-refractivity contribution in [3.05, 3.63) is 0 Å². The molecule has 4 aliphatic rings. The number of piperazine rings is 1. The molecule has 0 spiro atoms. The minimum absolute atomic E-state index is 0.0443. The predicted molar refractivity (Wildman–Crippen MR) is 136 cm³/mol. The van der Waals surface area contributed by atoms with Gasteiger partial charge in [0.1, 0.15) is 6.29 Å². The molecule has 2 saturated carbocycles. The van der Waals surface area contributed by atoms with Gasteiger partial charge in [0.05, 0.1) is 12.0 Å². The number of carbonyl (C=O) groups excluding carboxylic acids is 1. The molecule has 0 aromatic carbocycles. The lowest BCUT2D eigenvalue weighted by atomic mass is 9.74. The summed E-state index contributed by atoms with van der Waals surface area (Å²) in [7, 11) is 1.87. The van der Waals surface area contributed by atoms with Crippen LogP contribution in [0.5, 0.6) is 0 Å². The first-order valence-electron chi connectivity index (χ1n) is 14.5. The molecule has 2 N–H and O–H groups in total. The number of rotatable bonds is 7. The van der Waals surface area contributed by atoms with E-state index < -0.39 is 12.1 Å². The van der Waals surface area contributed by atoms with Gasteiger partial charge in [-0.15, -0.1) is 0 Å². The minimum atomic E-state index is -4.11. The Morgan fingerprint density at radius 1 is 0.972 bits per heavy atom. The molecule has 0 radical (unpaired) electrons. The summed E-state index contributed by atoms with van der Waals surface area (Å²) in [6.45, 7) is 8.21. The highest BCUT2D eigenvalue weighted by Crippen LogP contribution is 2.43. The summed E-state index contributed by atoms with van der Waals surface area (Å²) in [6.07, 6.45) is 5.07. The standard InChI is InChI=1S/C27H48F3N5O/c1-20-17-21(19-23(18-20)27(28,29)30)9-12-33(2)25(36)24(22-7-4-3-5-8-22)34-13-15-35(16-14-34)26-31-10-6-11-32-26/h20-24,26,31-32H,3-19H2,1-2H3. The third-order valence-corrected chi connectivity index (χ3v) is 9.24. The highest BCUT2D eigenvalue weighted by Gasteiger charge is 2.44. The van der Waals surface area contributed by atoms with Crippen LogP contribution in [0.3, 0.4) is 0 Å². The second-order valence-electron chi connectivity index (χ2n) is 12.0. The zero-order chi connectivity index (χ0) is 25.7. The number of hydrogen-bond donors (Lipinski definition) is 2. The van der Waals surface area contributed by atoms with Crippen LogP contribution >= 0.6 is 0 Å². The predicted octanol–water partition coefficient (Wildman–Crippen LogP) is 3.88. The maximum atomic E-state index is 13.9. The number of likely N-dealkylation sites (N-methyl/N-ethyl adjacent to an activating group) is 1. The van der Waals surface area contributed by atoms with Crippen molar-refractivity contribution >= 4 is 5.91 Å². The highest BCUT2D eigenvalue weighted by atomic mass is 19.4. The van der Waals surface area contributed by atoms with Gasteiger partial charge in [0.2, 0.25) is 5.91 Å². The molecule has 0 aromatic rings. The van der Waals surface area contributed by atoms with Crippen molar-refractivity contribution in [2.75, 3.05) is 52.9 Å². The van der Waals surface area contributed by atoms with Gasteiger partial charge in [-0.3, -0.25) is 25.2 Å². The molecule has 4 atom stereocenters. The summed E-state index contributed by atoms with van der Waals surface area (Å²) in [5.74, 6) is -0.485. The van der Waals surface area contributed by atoms with E-state index in [4.69, 9.17) is 0 Å². The van der Waals surface area contributed by atoms with Gasteiger partial charge in [-0.25, -0.2) is 0 Å². The molecule has 0 aromatic heterocycles. The molecule has 4 fully saturated rings. The molecule has 2 aliphatic heterocycles. The van der Waals surface area contributed by atoms with Crippen LogP contribution < -0.4 is 10.6 Å². The number of hydrogen-bond acceptors (Lipinski definition) is 5. The van der Waals surface area contributed by atoms with Crippen LogP contribution in [-0.2, 0) is 4.79 Å². The molecule has 1 amide bonds. The molecular formula is C27H48F3N5O. The number of nitrogens with one attached hydrogen (secondary N) is 2. The normalized spacial score (nSPS) is 31.3. The Morgan fingerprint density at radius 3 is 2.28 bits per heavy atom. The number of halogens is 3. The second-order valence-corrected chi connectivity index (χ2v) is 12.0. The van der Waals surface area contributed by atoms with Crippen LogP contribution in [0.4, 0.5) is 13.2 Å². The molecule has 36 heavy (non-hydrogen) atoms. The Morgan fingerprint density at radius 2 is 1.64 bits per heavy atom. The third kappa shape index (κ3) is 7.35. The summed E-state index contributed by atoms with van der Waals surface area (Å²) >= 11 is 0. The number of carbonyl (C=O) groups is 1. The fourth-order valence-electron chi connectivity index (χ4n) is 7.24. The molecule has 9 heteroatoms. The van der Waals surface area contributed by atoms with E-state index in [1.54, 1.807) is 0 Å². The Balaban J connectivity index is 1.34. The lowest BCUT2D eigenvalue weighted by molar-refractivity contribution is -0.190. The molecular weight excluding hydrogens is 467 g/mol. The lowest BCUT2D eigenvalue weighted by Gasteiger charge is -2.46. The van der Waals surface area contributed by atoms with Crippen LogP contribution in [0, 0.1) is 23.7 Å². The van der Waals surface area contributed by atoms with Gasteiger partial charge < -0.3 is 4.90 Å². The summed E-state index contributed by atoms with van der Waals surface area (Å²) in [5, 5.41) is 7.10. The van der Waals surface area contributed by atoms with Crippen LogP contribution in [0.2, 0.25) is 0 Å². The topological polar surface area (TPSA) is 50.9 Å². The van der Waals surface area contributed by atoms with E-state index in [2.05, 4.69) is 20.4 Å². The van der Waals surface area contributed by atoms with Gasteiger partial charge in [-0.1, -0.05) is 26.2 Å². The van der Waals surface area contributed by atoms with Crippen LogP contribution in [0.25, 0.3) is 0 Å². The van der Waals surface area contributed by atoms with E-state index in [-0.39, 0.29) is 42.9 Å². The maximum absolute atomic E-state index is 13.9. The maximum Gasteiger partial charge on any atom is 0.391 e. The first kappa shape index (κ1) is 28.1. The Hall–Kier alpha value is -0.900. The average Bonchev–Trinajstić information content (AvgIpc) is 2.88. The van der Waals surface area contributed by atoms with Crippen LogP contribution in [0.15, 0.2) is 0 Å². The van der Waals surface area contributed by atoms with Crippen molar-refractivity contribution in [3.8, 4) is 0 Å².